The molecule has 6 nitrogen and oxygen atoms in total. The topological polar surface area (TPSA) is 79.4 Å². The van der Waals surface area contributed by atoms with Crippen molar-refractivity contribution in [2.45, 2.75) is 0 Å². The van der Waals surface area contributed by atoms with Crippen molar-refractivity contribution in [1.82, 2.24) is 10.3 Å². The normalized spacial score (nSPS) is 15.9. The van der Waals surface area contributed by atoms with Crippen LogP contribution < -0.4 is 10.2 Å². The summed E-state index contributed by atoms with van der Waals surface area (Å²) in [6, 6.07) is 3.20. The Kier molecular flexibility index (Phi) is 2.63. The van der Waals surface area contributed by atoms with Crippen molar-refractivity contribution < 1.29 is 14.4 Å². The zero-order valence-electron chi connectivity index (χ0n) is 8.34. The molecular formula is C10H9N3O3. The van der Waals surface area contributed by atoms with Gasteiger partial charge in [0.2, 0.25) is 11.8 Å². The third-order valence-electron chi connectivity index (χ3n) is 2.18. The largest absolute Gasteiger partial charge is 0.338 e. The van der Waals surface area contributed by atoms with E-state index in [1.807, 2.05) is 0 Å². The highest BCUT2D eigenvalue weighted by atomic mass is 16.2. The van der Waals surface area contributed by atoms with E-state index in [9.17, 15) is 14.4 Å². The maximum atomic E-state index is 11.1. The predicted octanol–water partition coefficient (Wildman–Crippen LogP) is -0.643. The predicted molar refractivity (Wildman–Crippen MR) is 55.0 cm³/mol. The lowest BCUT2D eigenvalue weighted by Crippen LogP contribution is -2.51. The molecule has 2 rings (SSSR count). The lowest BCUT2D eigenvalue weighted by molar-refractivity contribution is -0.130. The summed E-state index contributed by atoms with van der Waals surface area (Å²) in [5.41, 5.74) is 0.455. The molecule has 0 saturated carbocycles. The highest BCUT2D eigenvalue weighted by Gasteiger charge is 2.23. The fourth-order valence-electron chi connectivity index (χ4n) is 1.45. The average molecular weight is 219 g/mol. The number of hydrogen-bond acceptors (Lipinski definition) is 5. The van der Waals surface area contributed by atoms with Crippen LogP contribution in [0.4, 0.5) is 5.82 Å². The molecule has 0 radical (unpaired) electrons. The quantitative estimate of drug-likeness (QED) is 0.528. The van der Waals surface area contributed by atoms with Crippen LogP contribution >= 0.6 is 0 Å². The van der Waals surface area contributed by atoms with E-state index >= 15 is 0 Å². The van der Waals surface area contributed by atoms with Crippen LogP contribution in [0.2, 0.25) is 0 Å². The molecule has 2 amide bonds. The monoisotopic (exact) mass is 219 g/mol. The number of pyridine rings is 1. The van der Waals surface area contributed by atoms with Crippen LogP contribution in [0.1, 0.15) is 10.4 Å². The van der Waals surface area contributed by atoms with Crippen molar-refractivity contribution in [2.24, 2.45) is 0 Å². The molecule has 0 aliphatic carbocycles. The van der Waals surface area contributed by atoms with Crippen LogP contribution in [-0.4, -0.2) is 36.2 Å². The minimum Gasteiger partial charge on any atom is -0.338 e. The molecule has 82 valence electrons. The molecule has 0 unspecified atom stereocenters. The van der Waals surface area contributed by atoms with Gasteiger partial charge in [-0.1, -0.05) is 0 Å². The summed E-state index contributed by atoms with van der Waals surface area (Å²) in [7, 11) is 0. The van der Waals surface area contributed by atoms with Crippen LogP contribution in [0, 0.1) is 0 Å². The molecule has 16 heavy (non-hydrogen) atoms. The minimum atomic E-state index is -0.350. The summed E-state index contributed by atoms with van der Waals surface area (Å²) in [4.78, 5) is 38.2. The first-order chi connectivity index (χ1) is 7.69. The number of anilines is 1. The minimum absolute atomic E-state index is 0.0964. The third kappa shape index (κ3) is 2.05. The van der Waals surface area contributed by atoms with Gasteiger partial charge in [0.05, 0.1) is 13.1 Å². The van der Waals surface area contributed by atoms with Crippen molar-refractivity contribution >= 4 is 23.9 Å². The van der Waals surface area contributed by atoms with Crippen molar-refractivity contribution in [3.63, 3.8) is 0 Å². The number of amides is 2. The van der Waals surface area contributed by atoms with Gasteiger partial charge in [-0.15, -0.1) is 0 Å². The van der Waals surface area contributed by atoms with Gasteiger partial charge in [0.1, 0.15) is 5.82 Å². The van der Waals surface area contributed by atoms with Gasteiger partial charge in [0.25, 0.3) is 0 Å². The fraction of sp³-hybridized carbons (Fsp3) is 0.200. The smallest absolute Gasteiger partial charge is 0.246 e. The van der Waals surface area contributed by atoms with Gasteiger partial charge in [-0.2, -0.15) is 0 Å². The summed E-state index contributed by atoms with van der Waals surface area (Å²) < 4.78 is 0. The van der Waals surface area contributed by atoms with Gasteiger partial charge < -0.3 is 4.90 Å². The van der Waals surface area contributed by atoms with E-state index in [1.165, 1.54) is 6.20 Å². The number of aromatic nitrogens is 1. The Morgan fingerprint density at radius 2 is 1.94 bits per heavy atom. The number of hydrogen-bond donors (Lipinski definition) is 1. The number of piperazine rings is 1. The highest BCUT2D eigenvalue weighted by molar-refractivity contribution is 6.02. The SMILES string of the molecule is O=Cc1ccc(N2CC(=O)NC(=O)C2)nc1. The van der Waals surface area contributed by atoms with Crippen molar-refractivity contribution in [3.8, 4) is 0 Å². The van der Waals surface area contributed by atoms with E-state index in [1.54, 1.807) is 17.0 Å². The Morgan fingerprint density at radius 1 is 1.25 bits per heavy atom. The molecule has 1 aromatic heterocycles. The van der Waals surface area contributed by atoms with E-state index in [4.69, 9.17) is 0 Å². The molecular weight excluding hydrogens is 210 g/mol. The molecule has 0 bridgehead atoms. The van der Waals surface area contributed by atoms with Crippen molar-refractivity contribution in [1.29, 1.82) is 0 Å². The first-order valence-corrected chi connectivity index (χ1v) is 4.68. The molecule has 1 aliphatic heterocycles. The van der Waals surface area contributed by atoms with Gasteiger partial charge in [-0.3, -0.25) is 19.7 Å². The second-order valence-corrected chi connectivity index (χ2v) is 3.39. The van der Waals surface area contributed by atoms with Crippen LogP contribution in [-0.2, 0) is 9.59 Å². The van der Waals surface area contributed by atoms with Gasteiger partial charge in [0.15, 0.2) is 6.29 Å². The third-order valence-corrected chi connectivity index (χ3v) is 2.18. The molecule has 1 aliphatic rings. The first kappa shape index (κ1) is 10.3. The van der Waals surface area contributed by atoms with E-state index in [0.29, 0.717) is 17.7 Å². The number of aldehydes is 1. The maximum Gasteiger partial charge on any atom is 0.246 e. The number of nitrogens with zero attached hydrogens (tertiary/aromatic N) is 2. The second-order valence-electron chi connectivity index (χ2n) is 3.39. The number of imide groups is 1. The fourth-order valence-corrected chi connectivity index (χ4v) is 1.45. The summed E-state index contributed by atoms with van der Waals surface area (Å²) in [6.07, 6.45) is 2.09. The molecule has 0 atom stereocenters. The Hall–Kier alpha value is -2.24. The number of nitrogens with one attached hydrogen (secondary N) is 1. The molecule has 1 saturated heterocycles. The van der Waals surface area contributed by atoms with Crippen LogP contribution in [0.3, 0.4) is 0 Å². The van der Waals surface area contributed by atoms with Crippen LogP contribution in [0.25, 0.3) is 0 Å². The molecule has 6 heteroatoms. The van der Waals surface area contributed by atoms with Gasteiger partial charge >= 0.3 is 0 Å². The zero-order chi connectivity index (χ0) is 11.5. The Balaban J connectivity index is 2.19. The molecule has 1 fully saturated rings. The van der Waals surface area contributed by atoms with Crippen molar-refractivity contribution in [3.05, 3.63) is 23.9 Å². The van der Waals surface area contributed by atoms with E-state index in [0.717, 1.165) is 0 Å². The second kappa shape index (κ2) is 4.09. The molecule has 0 aromatic carbocycles. The molecule has 2 heterocycles. The maximum absolute atomic E-state index is 11.1. The zero-order valence-corrected chi connectivity index (χ0v) is 8.34. The molecule has 1 N–H and O–H groups in total. The lowest BCUT2D eigenvalue weighted by Gasteiger charge is -2.26. The number of carbonyl (C=O) groups excluding carboxylic acids is 3. The molecule has 0 spiro atoms. The van der Waals surface area contributed by atoms with Crippen molar-refractivity contribution in [2.75, 3.05) is 18.0 Å². The summed E-state index contributed by atoms with van der Waals surface area (Å²) >= 11 is 0. The van der Waals surface area contributed by atoms with E-state index in [2.05, 4.69) is 10.3 Å². The summed E-state index contributed by atoms with van der Waals surface area (Å²) in [6.45, 7) is 0.193. The van der Waals surface area contributed by atoms with Gasteiger partial charge in [-0.05, 0) is 12.1 Å². The Bertz CT molecular complexity index is 425. The molecule has 1 aromatic rings. The van der Waals surface area contributed by atoms with E-state index < -0.39 is 0 Å². The van der Waals surface area contributed by atoms with Crippen LogP contribution in [0.15, 0.2) is 18.3 Å². The van der Waals surface area contributed by atoms with Gasteiger partial charge in [-0.25, -0.2) is 4.98 Å². The first-order valence-electron chi connectivity index (χ1n) is 4.68. The highest BCUT2D eigenvalue weighted by Crippen LogP contribution is 2.11. The number of carbonyl (C=O) groups is 3. The summed E-state index contributed by atoms with van der Waals surface area (Å²) in [5, 5.41) is 2.20. The van der Waals surface area contributed by atoms with Gasteiger partial charge in [0, 0.05) is 11.8 Å². The lowest BCUT2D eigenvalue weighted by atomic mass is 10.3. The Morgan fingerprint density at radius 3 is 2.44 bits per heavy atom. The number of rotatable bonds is 2. The standard InChI is InChI=1S/C10H9N3O3/c14-6-7-1-2-8(11-3-7)13-4-9(15)12-10(16)5-13/h1-3,6H,4-5H2,(H,12,15,16). The average Bonchev–Trinajstić information content (AvgIpc) is 2.28. The van der Waals surface area contributed by atoms with Crippen LogP contribution in [0.5, 0.6) is 0 Å². The van der Waals surface area contributed by atoms with E-state index in [-0.39, 0.29) is 24.9 Å². The Labute approximate surface area is 91.3 Å². The summed E-state index contributed by atoms with van der Waals surface area (Å²) in [5.74, 6) is -0.191.